The number of carbonyl (C=O) groups is 10. The highest BCUT2D eigenvalue weighted by molar-refractivity contribution is 6.39. The fourth-order valence-electron chi connectivity index (χ4n) is 13.5. The van der Waals surface area contributed by atoms with Crippen molar-refractivity contribution in [3.63, 3.8) is 0 Å². The summed E-state index contributed by atoms with van der Waals surface area (Å²) in [6.07, 6.45) is 12.8. The number of carbonyl (C=O) groups excluding carboxylic acids is 10. The number of aromatic nitrogens is 1. The first kappa shape index (κ1) is 75.8. The number of nitrogens with one attached hydrogen (secondary N) is 5. The second-order valence-electron chi connectivity index (χ2n) is 29.0. The first-order valence-corrected chi connectivity index (χ1v) is 35.0. The number of hydrogen-bond acceptors (Lipinski definition) is 17. The molecule has 1 aromatic heterocycles. The normalized spacial score (nSPS) is 21.8. The largest absolute Gasteiger partial charge is 0.496 e. The van der Waals surface area contributed by atoms with Crippen LogP contribution in [0.4, 0.5) is 10.5 Å². The maximum Gasteiger partial charge on any atom is 0.319 e. The van der Waals surface area contributed by atoms with Crippen LogP contribution in [0.1, 0.15) is 189 Å². The number of ether oxygens (including phenoxy) is 2. The molecule has 2 spiro atoms. The van der Waals surface area contributed by atoms with Gasteiger partial charge in [-0.25, -0.2) is 4.79 Å². The number of ketones is 4. The van der Waals surface area contributed by atoms with Crippen LogP contribution in [0.15, 0.2) is 71.2 Å². The minimum Gasteiger partial charge on any atom is -0.496 e. The molecule has 26 heteroatoms. The molecule has 4 aliphatic heterocycles. The Morgan fingerprint density at radius 1 is 0.694 bits per heavy atom. The monoisotopic (exact) mass is 1390 g/mol. The van der Waals surface area contributed by atoms with Gasteiger partial charge in [0.05, 0.1) is 67.7 Å². The summed E-state index contributed by atoms with van der Waals surface area (Å²) < 4.78 is 11.0. The number of Topliss-reactive ketones (excluding diaryl/α,β-unsaturated/α-hetero) is 4. The number of likely N-dealkylation sites (tertiary alicyclic amines) is 2. The Bertz CT molecular complexity index is 3530. The van der Waals surface area contributed by atoms with E-state index in [2.05, 4.69) is 41.9 Å². The predicted molar refractivity (Wildman–Crippen MR) is 370 cm³/mol. The Kier molecular flexibility index (Phi) is 25.4. The number of benzene rings is 2. The molecule has 7 amide bonds. The van der Waals surface area contributed by atoms with Gasteiger partial charge in [0.2, 0.25) is 35.2 Å². The molecule has 2 saturated heterocycles. The third kappa shape index (κ3) is 19.1. The van der Waals surface area contributed by atoms with E-state index in [9.17, 15) is 47.9 Å². The number of halogens is 2. The van der Waals surface area contributed by atoms with Crippen molar-refractivity contribution in [2.24, 2.45) is 33.0 Å². The summed E-state index contributed by atoms with van der Waals surface area (Å²) in [6, 6.07) is 8.11. The summed E-state index contributed by atoms with van der Waals surface area (Å²) in [6.45, 7) is 16.5. The van der Waals surface area contributed by atoms with Crippen molar-refractivity contribution in [2.75, 3.05) is 32.6 Å². The lowest BCUT2D eigenvalue weighted by atomic mass is 9.83. The van der Waals surface area contributed by atoms with Crippen molar-refractivity contribution in [2.45, 2.75) is 225 Å². The number of oxime groups is 2. The number of nitrogens with zero attached hydrogens (tertiary/aromatic N) is 5. The molecule has 4 fully saturated rings. The summed E-state index contributed by atoms with van der Waals surface area (Å²) in [5, 5.41) is 23.6. The quantitative estimate of drug-likeness (QED) is 0.0467. The van der Waals surface area contributed by atoms with E-state index < -0.39 is 105 Å². The summed E-state index contributed by atoms with van der Waals surface area (Å²) in [4.78, 5) is 154. The first-order valence-electron chi connectivity index (χ1n) is 34.3. The highest BCUT2D eigenvalue weighted by atomic mass is 35.5. The van der Waals surface area contributed by atoms with E-state index in [1.54, 1.807) is 55.6 Å². The molecule has 98 heavy (non-hydrogen) atoms. The SMILES string of the molecule is CCC[C@H](CC(=O)[C@@H]1C[C@]2(CC(c3cc(Cl)c(OC)cc3OC)=NO2)CN1C(=O)[C@@H](NC(=O)CC1CCCCC1)C(C)(C)C)C(=O)C(=O)CC.CCC[C@H](NC(=O)[C@@H]1C[C@]2(CC(c3cccc(Cl)c3)=NO2)CN1C(=O)[C@@H](NC(=O)Nc1cccnc1)C(C)(C)C)C(=O)C(=O)NC1CC1. The summed E-state index contributed by atoms with van der Waals surface area (Å²) in [7, 11) is 3.03. The number of methoxy groups -OCH3 is 2. The Labute approximate surface area is 583 Å². The smallest absolute Gasteiger partial charge is 0.319 e. The van der Waals surface area contributed by atoms with E-state index in [1.165, 1.54) is 36.6 Å². The van der Waals surface area contributed by atoms with Crippen LogP contribution >= 0.6 is 23.2 Å². The molecule has 5 N–H and O–H groups in total. The number of hydrogen-bond donors (Lipinski definition) is 5. The van der Waals surface area contributed by atoms with Crippen LogP contribution in [0.3, 0.4) is 0 Å². The molecule has 8 atom stereocenters. The molecular formula is C72H96Cl2N10O14. The van der Waals surface area contributed by atoms with E-state index in [-0.39, 0.29) is 81.7 Å². The standard InChI is InChI=1S/C38H54ClN3O8.C34H42ClN7O6/c1-8-13-24(34(46)29(43)9-2)17-30(44)28-21-38(20-27(41-50-38)25-18-26(39)32(49-7)19-31(25)48-6)22-42(28)36(47)35(37(3,4)5)40-33(45)16-23-14-11-10-12-15-23;1-5-8-24(27(43)30(45)37-22-12-13-22)39-29(44)26-17-34(16-25(41-48-34)20-9-6-10-21(35)15-20)19-42(26)31(46)28(33(2,3)4)40-32(47)38-23-11-7-14-36-18-23/h18-19,23-24,28,35H,8-17,20-22H2,1-7H3,(H,40,45);6-7,9-11,14-15,18,22,24,26,28H,5,8,12-13,16-17,19H2,1-4H3,(H,37,45)(H,39,44)(H2,38,40,47)/t24-,28+,35-,38-;24-,26-,28+,34+/m10/s1. The van der Waals surface area contributed by atoms with Crippen molar-refractivity contribution in [3.8, 4) is 11.5 Å². The maximum absolute atomic E-state index is 14.6. The van der Waals surface area contributed by atoms with Gasteiger partial charge < -0.3 is 55.5 Å². The van der Waals surface area contributed by atoms with E-state index in [4.69, 9.17) is 42.4 Å². The van der Waals surface area contributed by atoms with E-state index >= 15 is 0 Å². The van der Waals surface area contributed by atoms with Crippen molar-refractivity contribution in [3.05, 3.63) is 82.1 Å². The van der Waals surface area contributed by atoms with E-state index in [1.807, 2.05) is 61.5 Å². The Morgan fingerprint density at radius 2 is 1.31 bits per heavy atom. The van der Waals surface area contributed by atoms with Gasteiger partial charge in [0, 0.05) is 85.3 Å². The zero-order chi connectivity index (χ0) is 71.4. The highest BCUT2D eigenvalue weighted by Crippen LogP contribution is 2.45. The first-order chi connectivity index (χ1) is 46.4. The summed E-state index contributed by atoms with van der Waals surface area (Å²) in [5.41, 5.74) is -0.628. The number of amides is 7. The Morgan fingerprint density at radius 3 is 1.89 bits per heavy atom. The van der Waals surface area contributed by atoms with Crippen molar-refractivity contribution in [1.29, 1.82) is 0 Å². The van der Waals surface area contributed by atoms with Crippen LogP contribution < -0.4 is 36.1 Å². The third-order valence-electron chi connectivity index (χ3n) is 19.0. The second kappa shape index (κ2) is 32.8. The molecule has 9 rings (SSSR count). The molecule has 24 nitrogen and oxygen atoms in total. The topological polar surface area (TPSA) is 312 Å². The Hall–Kier alpha value is -7.99. The van der Waals surface area contributed by atoms with Crippen LogP contribution in [-0.4, -0.2) is 160 Å². The third-order valence-corrected chi connectivity index (χ3v) is 19.5. The lowest BCUT2D eigenvalue weighted by Crippen LogP contribution is -2.59. The predicted octanol–water partition coefficient (Wildman–Crippen LogP) is 9.81. The summed E-state index contributed by atoms with van der Waals surface area (Å²) in [5.74, 6) is -4.12. The molecule has 5 heterocycles. The maximum atomic E-state index is 14.6. The van der Waals surface area contributed by atoms with E-state index in [0.717, 1.165) is 44.1 Å². The minimum atomic E-state index is -1.09. The van der Waals surface area contributed by atoms with Crippen molar-refractivity contribution in [1.82, 2.24) is 36.1 Å². The van der Waals surface area contributed by atoms with Crippen LogP contribution in [0.5, 0.6) is 11.5 Å². The second-order valence-corrected chi connectivity index (χ2v) is 29.9. The van der Waals surface area contributed by atoms with Gasteiger partial charge in [-0.15, -0.1) is 0 Å². The average Bonchev–Trinajstić information content (AvgIpc) is 1.60. The van der Waals surface area contributed by atoms with Gasteiger partial charge in [-0.1, -0.05) is 140 Å². The highest BCUT2D eigenvalue weighted by Gasteiger charge is 2.58. The minimum absolute atomic E-state index is 0.00940. The molecule has 0 bridgehead atoms. The van der Waals surface area contributed by atoms with Gasteiger partial charge in [0.15, 0.2) is 22.8 Å². The zero-order valence-electron chi connectivity index (χ0n) is 58.2. The van der Waals surface area contributed by atoms with Gasteiger partial charge in [-0.3, -0.25) is 48.1 Å². The van der Waals surface area contributed by atoms with Crippen LogP contribution in [-0.2, 0) is 52.8 Å². The van der Waals surface area contributed by atoms with E-state index in [0.29, 0.717) is 69.9 Å². The van der Waals surface area contributed by atoms with Crippen LogP contribution in [0.25, 0.3) is 0 Å². The van der Waals surface area contributed by atoms with Gasteiger partial charge in [-0.05, 0) is 85.6 Å². The fourth-order valence-corrected chi connectivity index (χ4v) is 14.0. The zero-order valence-corrected chi connectivity index (χ0v) is 59.8. The number of pyridine rings is 1. The average molecular weight is 1400 g/mol. The molecule has 0 unspecified atom stereocenters. The lowest BCUT2D eigenvalue weighted by Gasteiger charge is -2.36. The Balaban J connectivity index is 0.000000250. The molecule has 3 aromatic rings. The van der Waals surface area contributed by atoms with Gasteiger partial charge in [0.1, 0.15) is 29.6 Å². The van der Waals surface area contributed by atoms with Crippen molar-refractivity contribution >= 4 is 99.0 Å². The van der Waals surface area contributed by atoms with Crippen LogP contribution in [0.2, 0.25) is 10.0 Å². The summed E-state index contributed by atoms with van der Waals surface area (Å²) >= 11 is 12.7. The molecule has 2 aromatic carbocycles. The molecule has 2 saturated carbocycles. The molecule has 0 radical (unpaired) electrons. The lowest BCUT2D eigenvalue weighted by molar-refractivity contribution is -0.145. The molecule has 2 aliphatic carbocycles. The van der Waals surface area contributed by atoms with Crippen LogP contribution in [0, 0.1) is 22.7 Å². The fraction of sp³-hybridized carbons (Fsp3) is 0.597. The van der Waals surface area contributed by atoms with Gasteiger partial charge >= 0.3 is 6.03 Å². The van der Waals surface area contributed by atoms with Crippen molar-refractivity contribution < 1.29 is 67.1 Å². The number of rotatable bonds is 26. The number of urea groups is 1. The molecular weight excluding hydrogens is 1300 g/mol. The molecule has 6 aliphatic rings. The molecule has 532 valence electrons. The van der Waals surface area contributed by atoms with Gasteiger partial charge in [-0.2, -0.15) is 0 Å². The number of anilines is 1. The van der Waals surface area contributed by atoms with Gasteiger partial charge in [0.25, 0.3) is 5.91 Å².